The number of nitrogens with zero attached hydrogens (tertiary/aromatic N) is 1. The van der Waals surface area contributed by atoms with E-state index in [2.05, 4.69) is 20.9 Å². The SMILES string of the molecule is Cc1ccc(NC(=O)Nc2nc(CC(=O)Nc3ccc(Cl)c(Cl)c3)cs2)cc1. The van der Waals surface area contributed by atoms with Gasteiger partial charge in [-0.15, -0.1) is 11.3 Å². The topological polar surface area (TPSA) is 83.1 Å². The first kappa shape index (κ1) is 20.1. The molecule has 0 fully saturated rings. The Labute approximate surface area is 175 Å². The largest absolute Gasteiger partial charge is 0.326 e. The number of benzene rings is 2. The van der Waals surface area contributed by atoms with Crippen molar-refractivity contribution >= 4 is 63.0 Å². The fraction of sp³-hybridized carbons (Fsp3) is 0.105. The number of aryl methyl sites for hydroxylation is 1. The smallest absolute Gasteiger partial charge is 0.325 e. The average molecular weight is 435 g/mol. The molecule has 0 atom stereocenters. The summed E-state index contributed by atoms with van der Waals surface area (Å²) >= 11 is 13.0. The van der Waals surface area contributed by atoms with Gasteiger partial charge in [0, 0.05) is 16.8 Å². The van der Waals surface area contributed by atoms with Gasteiger partial charge < -0.3 is 10.6 Å². The summed E-state index contributed by atoms with van der Waals surface area (Å²) in [7, 11) is 0. The highest BCUT2D eigenvalue weighted by Gasteiger charge is 2.11. The van der Waals surface area contributed by atoms with E-state index in [1.807, 2.05) is 31.2 Å². The molecule has 0 aliphatic heterocycles. The van der Waals surface area contributed by atoms with E-state index in [4.69, 9.17) is 23.2 Å². The van der Waals surface area contributed by atoms with Gasteiger partial charge in [-0.2, -0.15) is 0 Å². The minimum Gasteiger partial charge on any atom is -0.326 e. The molecule has 0 spiro atoms. The van der Waals surface area contributed by atoms with Crippen LogP contribution in [0, 0.1) is 6.92 Å². The first-order chi connectivity index (χ1) is 13.4. The average Bonchev–Trinajstić information content (AvgIpc) is 3.06. The number of carbonyl (C=O) groups is 2. The molecule has 0 unspecified atom stereocenters. The normalized spacial score (nSPS) is 10.4. The summed E-state index contributed by atoms with van der Waals surface area (Å²) in [6.07, 6.45) is 0.0675. The minimum absolute atomic E-state index is 0.0675. The number of urea groups is 1. The Kier molecular flexibility index (Phi) is 6.51. The van der Waals surface area contributed by atoms with Gasteiger partial charge in [0.1, 0.15) is 0 Å². The van der Waals surface area contributed by atoms with Gasteiger partial charge in [0.15, 0.2) is 5.13 Å². The molecule has 3 N–H and O–H groups in total. The molecular formula is C19H16Cl2N4O2S. The highest BCUT2D eigenvalue weighted by molar-refractivity contribution is 7.14. The molecule has 2 aromatic carbocycles. The summed E-state index contributed by atoms with van der Waals surface area (Å²) in [5.74, 6) is -0.251. The second-order valence-corrected chi connectivity index (χ2v) is 7.62. The van der Waals surface area contributed by atoms with Gasteiger partial charge in [0.2, 0.25) is 5.91 Å². The lowest BCUT2D eigenvalue weighted by Crippen LogP contribution is -2.19. The number of hydrogen-bond acceptors (Lipinski definition) is 4. The third-order valence-corrected chi connectivity index (χ3v) is 5.17. The van der Waals surface area contributed by atoms with Crippen molar-refractivity contribution in [1.82, 2.24) is 4.98 Å². The van der Waals surface area contributed by atoms with E-state index in [-0.39, 0.29) is 12.3 Å². The molecule has 1 aromatic heterocycles. The third-order valence-electron chi connectivity index (χ3n) is 3.63. The zero-order chi connectivity index (χ0) is 20.1. The number of aromatic nitrogens is 1. The molecule has 0 aliphatic carbocycles. The number of halogens is 2. The maximum Gasteiger partial charge on any atom is 0.325 e. The second kappa shape index (κ2) is 9.05. The number of thiazole rings is 1. The molecule has 1 heterocycles. The van der Waals surface area contributed by atoms with Gasteiger partial charge in [0.05, 0.1) is 22.2 Å². The molecule has 0 saturated carbocycles. The van der Waals surface area contributed by atoms with E-state index in [1.165, 1.54) is 11.3 Å². The zero-order valence-corrected chi connectivity index (χ0v) is 17.1. The molecule has 0 radical (unpaired) electrons. The van der Waals surface area contributed by atoms with Crippen molar-refractivity contribution in [2.45, 2.75) is 13.3 Å². The van der Waals surface area contributed by atoms with Crippen LogP contribution in [-0.2, 0) is 11.2 Å². The monoisotopic (exact) mass is 434 g/mol. The number of nitrogens with one attached hydrogen (secondary N) is 3. The summed E-state index contributed by atoms with van der Waals surface area (Å²) in [4.78, 5) is 28.5. The lowest BCUT2D eigenvalue weighted by atomic mass is 10.2. The van der Waals surface area contributed by atoms with Crippen molar-refractivity contribution in [3.63, 3.8) is 0 Å². The van der Waals surface area contributed by atoms with Crippen molar-refractivity contribution in [3.05, 3.63) is 69.1 Å². The lowest BCUT2D eigenvalue weighted by molar-refractivity contribution is -0.115. The van der Waals surface area contributed by atoms with Crippen LogP contribution in [-0.4, -0.2) is 16.9 Å². The Morgan fingerprint density at radius 1 is 0.964 bits per heavy atom. The summed E-state index contributed by atoms with van der Waals surface area (Å²) in [6, 6.07) is 11.9. The van der Waals surface area contributed by atoms with Crippen LogP contribution in [0.25, 0.3) is 0 Å². The second-order valence-electron chi connectivity index (χ2n) is 5.94. The van der Waals surface area contributed by atoms with Crippen molar-refractivity contribution in [3.8, 4) is 0 Å². The molecule has 144 valence electrons. The Morgan fingerprint density at radius 3 is 2.39 bits per heavy atom. The van der Waals surface area contributed by atoms with Gasteiger partial charge in [-0.3, -0.25) is 10.1 Å². The molecule has 6 nitrogen and oxygen atoms in total. The van der Waals surface area contributed by atoms with Crippen LogP contribution in [0.5, 0.6) is 0 Å². The standard InChI is InChI=1S/C19H16Cl2N4O2S/c1-11-2-4-12(5-3-11)23-18(27)25-19-24-14(10-28-19)9-17(26)22-13-6-7-15(20)16(21)8-13/h2-8,10H,9H2,1H3,(H,22,26)(H2,23,24,25,27). The Bertz CT molecular complexity index is 1010. The maximum atomic E-state index is 12.2. The van der Waals surface area contributed by atoms with E-state index >= 15 is 0 Å². The van der Waals surface area contributed by atoms with E-state index in [9.17, 15) is 9.59 Å². The molecule has 3 rings (SSSR count). The molecule has 28 heavy (non-hydrogen) atoms. The lowest BCUT2D eigenvalue weighted by Gasteiger charge is -2.06. The Balaban J connectivity index is 1.53. The number of carbonyl (C=O) groups excluding carboxylic acids is 2. The van der Waals surface area contributed by atoms with Crippen LogP contribution in [0.4, 0.5) is 21.3 Å². The fourth-order valence-corrected chi connectivity index (χ4v) is 3.29. The third kappa shape index (κ3) is 5.69. The van der Waals surface area contributed by atoms with E-state index in [1.54, 1.807) is 23.6 Å². The van der Waals surface area contributed by atoms with Crippen LogP contribution < -0.4 is 16.0 Å². The number of hydrogen-bond donors (Lipinski definition) is 3. The summed E-state index contributed by atoms with van der Waals surface area (Å²) < 4.78 is 0. The van der Waals surface area contributed by atoms with Crippen molar-refractivity contribution in [2.75, 3.05) is 16.0 Å². The zero-order valence-electron chi connectivity index (χ0n) is 14.8. The van der Waals surface area contributed by atoms with E-state index in [0.717, 1.165) is 5.56 Å². The molecule has 0 bridgehead atoms. The van der Waals surface area contributed by atoms with Crippen LogP contribution >= 0.6 is 34.5 Å². The first-order valence-corrected chi connectivity index (χ1v) is 9.86. The Hall–Kier alpha value is -2.61. The number of rotatable bonds is 5. The predicted octanol–water partition coefficient (Wildman–Crippen LogP) is 5.58. The summed E-state index contributed by atoms with van der Waals surface area (Å²) in [5, 5.41) is 11.0. The fourth-order valence-electron chi connectivity index (χ4n) is 2.29. The van der Waals surface area contributed by atoms with E-state index in [0.29, 0.717) is 32.2 Å². The van der Waals surface area contributed by atoms with Crippen LogP contribution in [0.1, 0.15) is 11.3 Å². The molecular weight excluding hydrogens is 419 g/mol. The molecule has 0 aliphatic rings. The Morgan fingerprint density at radius 2 is 1.68 bits per heavy atom. The van der Waals surface area contributed by atoms with Crippen molar-refractivity contribution in [1.29, 1.82) is 0 Å². The quantitative estimate of drug-likeness (QED) is 0.489. The van der Waals surface area contributed by atoms with Gasteiger partial charge in [-0.25, -0.2) is 9.78 Å². The van der Waals surface area contributed by atoms with E-state index < -0.39 is 6.03 Å². The predicted molar refractivity (Wildman–Crippen MR) is 115 cm³/mol. The van der Waals surface area contributed by atoms with Gasteiger partial charge in [0.25, 0.3) is 0 Å². The van der Waals surface area contributed by atoms with Crippen molar-refractivity contribution in [2.24, 2.45) is 0 Å². The molecule has 3 amide bonds. The van der Waals surface area contributed by atoms with Crippen molar-refractivity contribution < 1.29 is 9.59 Å². The minimum atomic E-state index is -0.398. The summed E-state index contributed by atoms with van der Waals surface area (Å²) in [6.45, 7) is 1.97. The molecule has 3 aromatic rings. The molecule has 9 heteroatoms. The van der Waals surface area contributed by atoms with Gasteiger partial charge >= 0.3 is 6.03 Å². The van der Waals surface area contributed by atoms with Crippen LogP contribution in [0.15, 0.2) is 47.8 Å². The number of anilines is 3. The highest BCUT2D eigenvalue weighted by atomic mass is 35.5. The number of amides is 3. The van der Waals surface area contributed by atoms with Gasteiger partial charge in [-0.1, -0.05) is 40.9 Å². The molecule has 0 saturated heterocycles. The van der Waals surface area contributed by atoms with Gasteiger partial charge in [-0.05, 0) is 37.3 Å². The van der Waals surface area contributed by atoms with Crippen LogP contribution in [0.2, 0.25) is 10.0 Å². The highest BCUT2D eigenvalue weighted by Crippen LogP contribution is 2.25. The maximum absolute atomic E-state index is 12.2. The summed E-state index contributed by atoms with van der Waals surface area (Å²) in [5.41, 5.74) is 2.88. The van der Waals surface area contributed by atoms with Crippen LogP contribution in [0.3, 0.4) is 0 Å². The first-order valence-electron chi connectivity index (χ1n) is 8.23.